The third-order valence-corrected chi connectivity index (χ3v) is 11.9. The summed E-state index contributed by atoms with van der Waals surface area (Å²) >= 11 is 1.57. The number of aryl methyl sites for hydroxylation is 2. The van der Waals surface area contributed by atoms with Crippen molar-refractivity contribution in [1.82, 2.24) is 10.3 Å². The van der Waals surface area contributed by atoms with Crippen molar-refractivity contribution in [2.24, 2.45) is 5.73 Å². The molecule has 4 aromatic carbocycles. The van der Waals surface area contributed by atoms with E-state index >= 15 is 0 Å². The topological polar surface area (TPSA) is 182 Å². The molecule has 13 nitrogen and oxygen atoms in total. The van der Waals surface area contributed by atoms with Crippen LogP contribution in [0.2, 0.25) is 0 Å². The van der Waals surface area contributed by atoms with Crippen LogP contribution in [0.4, 0.5) is 11.4 Å². The number of thioether (sulfide) groups is 1. The average Bonchev–Trinajstić information content (AvgIpc) is 3.37. The Morgan fingerprint density at radius 1 is 0.727 bits per heavy atom. The maximum absolute atomic E-state index is 13.6. The first-order valence-corrected chi connectivity index (χ1v) is 23.7. The first-order chi connectivity index (χ1) is 32.4. The van der Waals surface area contributed by atoms with Gasteiger partial charge in [-0.15, -0.1) is 11.8 Å². The fraction of sp³-hybridized carbons (Fsp3) is 0.365. The van der Waals surface area contributed by atoms with Gasteiger partial charge < -0.3 is 40.6 Å². The van der Waals surface area contributed by atoms with Crippen LogP contribution in [0, 0.1) is 0 Å². The van der Waals surface area contributed by atoms with Crippen molar-refractivity contribution in [3.63, 3.8) is 0 Å². The summed E-state index contributed by atoms with van der Waals surface area (Å²) in [5, 5.41) is 14.5. The van der Waals surface area contributed by atoms with Gasteiger partial charge in [-0.2, -0.15) is 0 Å². The van der Waals surface area contributed by atoms with E-state index in [2.05, 4.69) is 50.5 Å². The minimum absolute atomic E-state index is 0.0350. The molecule has 2 amide bonds. The Hall–Kier alpha value is -5.90. The molecule has 7 rings (SSSR count). The molecule has 1 aromatic heterocycles. The third kappa shape index (κ3) is 17.1. The number of aromatic nitrogens is 1. The van der Waals surface area contributed by atoms with E-state index in [4.69, 9.17) is 19.3 Å². The minimum atomic E-state index is -0.898. The zero-order valence-electron chi connectivity index (χ0n) is 37.9. The van der Waals surface area contributed by atoms with Crippen LogP contribution < -0.4 is 21.3 Å². The molecule has 0 spiro atoms. The SMILES string of the molecule is CN.O=Cc1ccnc(-c2cc(N3CCCCC3)ccc2NC(=O)c2cccc(CSc3cccc(C(=O)NCCOCCOCCOCCC(=O)O)c3)c2)c1.c1ccc2c(c1)CCCC2. The van der Waals surface area contributed by atoms with E-state index in [9.17, 15) is 19.2 Å². The van der Waals surface area contributed by atoms with Crippen molar-refractivity contribution in [1.29, 1.82) is 0 Å². The molecule has 5 aromatic rings. The Kier molecular flexibility index (Phi) is 22.4. The maximum atomic E-state index is 13.6. The number of nitrogens with zero attached hydrogens (tertiary/aromatic N) is 2. The summed E-state index contributed by atoms with van der Waals surface area (Å²) in [6.07, 6.45) is 11.2. The molecule has 2 aliphatic rings. The Balaban J connectivity index is 0.000000589. The number of benzene rings is 4. The van der Waals surface area contributed by atoms with Crippen LogP contribution in [0.1, 0.15) is 86.3 Å². The second-order valence-electron chi connectivity index (χ2n) is 15.6. The number of carbonyl (C=O) groups is 4. The standard InChI is InChI=1S/C41H46N4O8S.C10H12.CH5N/c46-28-30-12-14-42-38(25-30)36-27-34(45-16-2-1-3-17-45)10-11-37(36)44-41(50)32-7-4-6-31(24-32)29-54-35-9-5-8-33(26-35)40(49)43-15-19-52-21-23-53-22-20-51-18-13-39(47)48;1-2-6-10-8-4-3-7-9(10)5-1;1-2/h4-12,14,24-28H,1-3,13,15-23,29H2,(H,43,49)(H,44,50)(H,47,48);1-2,5-6H,3-4,7-8H2;2H2,1H3. The van der Waals surface area contributed by atoms with E-state index in [1.165, 1.54) is 39.2 Å². The predicted octanol–water partition coefficient (Wildman–Crippen LogP) is 8.49. The molecule has 1 aliphatic carbocycles. The highest BCUT2D eigenvalue weighted by Crippen LogP contribution is 2.33. The number of ether oxygens (including phenoxy) is 3. The zero-order valence-corrected chi connectivity index (χ0v) is 38.7. The number of piperidine rings is 1. The third-order valence-electron chi connectivity index (χ3n) is 10.9. The fourth-order valence-corrected chi connectivity index (χ4v) is 8.37. The fourth-order valence-electron chi connectivity index (χ4n) is 7.48. The van der Waals surface area contributed by atoms with Gasteiger partial charge in [-0.1, -0.05) is 42.5 Å². The molecule has 14 heteroatoms. The lowest BCUT2D eigenvalue weighted by Gasteiger charge is -2.29. The molecule has 0 radical (unpaired) electrons. The summed E-state index contributed by atoms with van der Waals surface area (Å²) < 4.78 is 16.0. The van der Waals surface area contributed by atoms with Gasteiger partial charge in [0.15, 0.2) is 0 Å². The number of nitrogens with one attached hydrogen (secondary N) is 2. The van der Waals surface area contributed by atoms with Gasteiger partial charge >= 0.3 is 5.97 Å². The van der Waals surface area contributed by atoms with E-state index in [-0.39, 0.29) is 24.8 Å². The van der Waals surface area contributed by atoms with E-state index in [0.717, 1.165) is 53.9 Å². The minimum Gasteiger partial charge on any atom is -0.481 e. The van der Waals surface area contributed by atoms with Gasteiger partial charge in [0, 0.05) is 64.4 Å². The van der Waals surface area contributed by atoms with Crippen LogP contribution >= 0.6 is 11.8 Å². The van der Waals surface area contributed by atoms with Gasteiger partial charge in [-0.05, 0) is 129 Å². The quantitative estimate of drug-likeness (QED) is 0.0314. The van der Waals surface area contributed by atoms with Crippen molar-refractivity contribution in [3.8, 4) is 11.3 Å². The zero-order chi connectivity index (χ0) is 46.8. The second kappa shape index (κ2) is 28.9. The number of rotatable bonds is 21. The first kappa shape index (κ1) is 51.1. The van der Waals surface area contributed by atoms with Crippen LogP contribution in [0.25, 0.3) is 11.3 Å². The van der Waals surface area contributed by atoms with Gasteiger partial charge in [0.05, 0.1) is 57.4 Å². The van der Waals surface area contributed by atoms with Gasteiger partial charge in [0.1, 0.15) is 6.29 Å². The smallest absolute Gasteiger partial charge is 0.305 e. The summed E-state index contributed by atoms with van der Waals surface area (Å²) in [4.78, 5) is 56.2. The molecule has 0 atom stereocenters. The van der Waals surface area contributed by atoms with E-state index in [0.29, 0.717) is 73.4 Å². The highest BCUT2D eigenvalue weighted by Gasteiger charge is 2.17. The lowest BCUT2D eigenvalue weighted by atomic mass is 9.92. The van der Waals surface area contributed by atoms with Crippen molar-refractivity contribution >= 4 is 47.2 Å². The van der Waals surface area contributed by atoms with Crippen LogP contribution in [0.3, 0.4) is 0 Å². The number of carboxylic acids is 1. The Morgan fingerprint density at radius 3 is 2.09 bits per heavy atom. The lowest BCUT2D eigenvalue weighted by Crippen LogP contribution is -2.29. The van der Waals surface area contributed by atoms with E-state index < -0.39 is 5.97 Å². The van der Waals surface area contributed by atoms with Crippen LogP contribution in [0.5, 0.6) is 0 Å². The molecule has 1 fully saturated rings. The van der Waals surface area contributed by atoms with Crippen molar-refractivity contribution in [2.75, 3.05) is 76.5 Å². The normalized spacial score (nSPS) is 12.9. The summed E-state index contributed by atoms with van der Waals surface area (Å²) in [7, 11) is 1.50. The molecule has 1 saturated heterocycles. The van der Waals surface area contributed by atoms with Gasteiger partial charge in [-0.25, -0.2) is 0 Å². The second-order valence-corrected chi connectivity index (χ2v) is 16.6. The van der Waals surface area contributed by atoms with E-state index in [1.54, 1.807) is 53.4 Å². The van der Waals surface area contributed by atoms with Crippen LogP contribution in [-0.4, -0.2) is 100 Å². The summed E-state index contributed by atoms with van der Waals surface area (Å²) in [6.45, 7) is 4.18. The number of hydrogen-bond acceptors (Lipinski definition) is 11. The molecule has 0 bridgehead atoms. The molecule has 350 valence electrons. The molecule has 5 N–H and O–H groups in total. The molecular formula is C52H63N5O8S. The molecule has 66 heavy (non-hydrogen) atoms. The van der Waals surface area contributed by atoms with Gasteiger partial charge in [-0.3, -0.25) is 24.2 Å². The van der Waals surface area contributed by atoms with Crippen molar-refractivity contribution in [3.05, 3.63) is 143 Å². The van der Waals surface area contributed by atoms with Crippen LogP contribution in [0.15, 0.2) is 114 Å². The number of fused-ring (bicyclic) bond motifs is 1. The number of aldehydes is 1. The summed E-state index contributed by atoms with van der Waals surface area (Å²) in [5.74, 6) is -0.764. The molecular weight excluding hydrogens is 855 g/mol. The van der Waals surface area contributed by atoms with Gasteiger partial charge in [0.25, 0.3) is 11.8 Å². The number of carboxylic acid groups (broad SMARTS) is 1. The number of amides is 2. The highest BCUT2D eigenvalue weighted by molar-refractivity contribution is 7.98. The molecule has 2 heterocycles. The van der Waals surface area contributed by atoms with E-state index in [1.807, 2.05) is 54.6 Å². The highest BCUT2D eigenvalue weighted by atomic mass is 32.2. The monoisotopic (exact) mass is 917 g/mol. The number of hydrogen-bond donors (Lipinski definition) is 4. The van der Waals surface area contributed by atoms with Gasteiger partial charge in [0.2, 0.25) is 0 Å². The average molecular weight is 918 g/mol. The summed E-state index contributed by atoms with van der Waals surface area (Å²) in [5.41, 5.74) is 13.2. The lowest BCUT2D eigenvalue weighted by molar-refractivity contribution is -0.138. The Bertz CT molecular complexity index is 2280. The van der Waals surface area contributed by atoms with Crippen LogP contribution in [-0.2, 0) is 37.6 Å². The number of nitrogens with two attached hydrogens (primary N) is 1. The number of aliphatic carboxylic acids is 1. The molecule has 1 aliphatic heterocycles. The summed E-state index contributed by atoms with van der Waals surface area (Å²) in [6, 6.07) is 33.0. The number of carbonyl (C=O) groups excluding carboxylic acids is 3. The Morgan fingerprint density at radius 2 is 1.39 bits per heavy atom. The van der Waals surface area contributed by atoms with Crippen molar-refractivity contribution < 1.29 is 38.5 Å². The maximum Gasteiger partial charge on any atom is 0.305 e. The first-order valence-electron chi connectivity index (χ1n) is 22.7. The number of anilines is 2. The molecule has 0 saturated carbocycles. The molecule has 0 unspecified atom stereocenters. The Labute approximate surface area is 392 Å². The predicted molar refractivity (Wildman–Crippen MR) is 262 cm³/mol. The largest absolute Gasteiger partial charge is 0.481 e. The van der Waals surface area contributed by atoms with Crippen molar-refractivity contribution in [2.45, 2.75) is 62.0 Å². The number of pyridine rings is 1.